The Morgan fingerprint density at radius 1 is 1.59 bits per heavy atom. The molecule has 0 amide bonds. The molecule has 1 saturated carbocycles. The van der Waals surface area contributed by atoms with Gasteiger partial charge in [-0.2, -0.15) is 0 Å². The first-order chi connectivity index (χ1) is 8.06. The average Bonchev–Trinajstić information content (AvgIpc) is 2.23. The summed E-state index contributed by atoms with van der Waals surface area (Å²) >= 11 is 0. The van der Waals surface area contributed by atoms with Crippen molar-refractivity contribution in [3.05, 3.63) is 23.5 Å². The Labute approximate surface area is 101 Å². The van der Waals surface area contributed by atoms with Crippen LogP contribution in [-0.4, -0.2) is 21.6 Å². The number of aryl methyl sites for hydroxylation is 1. The average molecular weight is 234 g/mol. The Morgan fingerprint density at radius 2 is 2.29 bits per heavy atom. The molecule has 1 aromatic rings. The fourth-order valence-corrected chi connectivity index (χ4v) is 2.29. The molecule has 0 radical (unpaired) electrons. The van der Waals surface area contributed by atoms with Gasteiger partial charge in [-0.25, -0.2) is 4.79 Å². The van der Waals surface area contributed by atoms with Crippen molar-refractivity contribution in [2.75, 3.05) is 5.32 Å². The molecule has 0 aliphatic heterocycles. The van der Waals surface area contributed by atoms with Crippen LogP contribution in [-0.2, 0) is 0 Å². The third-order valence-electron chi connectivity index (χ3n) is 3.66. The highest BCUT2D eigenvalue weighted by atomic mass is 16.4. The Balaban J connectivity index is 2.30. The summed E-state index contributed by atoms with van der Waals surface area (Å²) in [6, 6.07) is 1.82. The van der Waals surface area contributed by atoms with Crippen molar-refractivity contribution in [1.82, 2.24) is 4.98 Å². The van der Waals surface area contributed by atoms with Gasteiger partial charge in [-0.1, -0.05) is 6.92 Å². The maximum Gasteiger partial charge on any atom is 0.339 e. The molecule has 0 saturated heterocycles. The lowest BCUT2D eigenvalue weighted by Gasteiger charge is -2.43. The van der Waals surface area contributed by atoms with Gasteiger partial charge in [-0.05, 0) is 38.7 Å². The minimum absolute atomic E-state index is 0.0952. The van der Waals surface area contributed by atoms with Crippen LogP contribution in [0.4, 0.5) is 5.69 Å². The van der Waals surface area contributed by atoms with Gasteiger partial charge in [0.1, 0.15) is 5.56 Å². The van der Waals surface area contributed by atoms with E-state index in [1.54, 1.807) is 0 Å². The molecule has 0 unspecified atom stereocenters. The van der Waals surface area contributed by atoms with Crippen molar-refractivity contribution < 1.29 is 9.90 Å². The molecular weight excluding hydrogens is 216 g/mol. The lowest BCUT2D eigenvalue weighted by atomic mass is 9.74. The Hall–Kier alpha value is -1.58. The first-order valence-corrected chi connectivity index (χ1v) is 6.04. The van der Waals surface area contributed by atoms with Crippen LogP contribution in [0.2, 0.25) is 0 Å². The number of nitrogens with one attached hydrogen (secondary N) is 1. The molecule has 1 aromatic heterocycles. The fraction of sp³-hybridized carbons (Fsp3) is 0.538. The molecule has 0 aromatic carbocycles. The number of rotatable bonds is 4. The van der Waals surface area contributed by atoms with E-state index >= 15 is 0 Å². The van der Waals surface area contributed by atoms with Crippen molar-refractivity contribution in [1.29, 1.82) is 0 Å². The van der Waals surface area contributed by atoms with Gasteiger partial charge in [-0.15, -0.1) is 0 Å². The third kappa shape index (κ3) is 2.25. The summed E-state index contributed by atoms with van der Waals surface area (Å²) < 4.78 is 0. The summed E-state index contributed by atoms with van der Waals surface area (Å²) in [4.78, 5) is 15.2. The molecule has 4 nitrogen and oxygen atoms in total. The number of carboxylic acids is 1. The smallest absolute Gasteiger partial charge is 0.339 e. The van der Waals surface area contributed by atoms with Crippen LogP contribution in [0, 0.1) is 6.92 Å². The van der Waals surface area contributed by atoms with Crippen molar-refractivity contribution in [2.24, 2.45) is 0 Å². The number of hydrogen-bond donors (Lipinski definition) is 2. The molecule has 0 spiro atoms. The lowest BCUT2D eigenvalue weighted by Crippen LogP contribution is -2.44. The second kappa shape index (κ2) is 4.35. The zero-order valence-electron chi connectivity index (χ0n) is 10.3. The van der Waals surface area contributed by atoms with Gasteiger partial charge >= 0.3 is 5.97 Å². The van der Waals surface area contributed by atoms with E-state index < -0.39 is 5.97 Å². The number of aromatic carboxylic acids is 1. The Kier molecular flexibility index (Phi) is 3.05. The Morgan fingerprint density at radius 3 is 2.76 bits per heavy atom. The second-order valence-corrected chi connectivity index (χ2v) is 4.79. The number of hydrogen-bond acceptors (Lipinski definition) is 3. The molecule has 17 heavy (non-hydrogen) atoms. The number of carbonyl (C=O) groups is 1. The summed E-state index contributed by atoms with van der Waals surface area (Å²) in [5.74, 6) is -0.925. The van der Waals surface area contributed by atoms with Crippen LogP contribution in [0.5, 0.6) is 0 Å². The topological polar surface area (TPSA) is 62.2 Å². The van der Waals surface area contributed by atoms with E-state index in [0.717, 1.165) is 25.0 Å². The van der Waals surface area contributed by atoms with Gasteiger partial charge in [0.15, 0.2) is 0 Å². The standard InChI is InChI=1S/C13H18N2O2/c1-3-13(5-4-6-13)15-11-7-9(2)14-8-10(11)12(16)17/h7-8H,3-6H2,1-2H3,(H,14,15)(H,16,17). The summed E-state index contributed by atoms with van der Waals surface area (Å²) in [7, 11) is 0. The molecule has 1 aliphatic rings. The molecular formula is C13H18N2O2. The van der Waals surface area contributed by atoms with Crippen LogP contribution in [0.25, 0.3) is 0 Å². The van der Waals surface area contributed by atoms with Gasteiger partial charge in [0.2, 0.25) is 0 Å². The predicted molar refractivity (Wildman–Crippen MR) is 66.4 cm³/mol. The van der Waals surface area contributed by atoms with Gasteiger partial charge in [0.25, 0.3) is 0 Å². The highest BCUT2D eigenvalue weighted by Gasteiger charge is 2.35. The summed E-state index contributed by atoms with van der Waals surface area (Å²) in [5.41, 5.74) is 1.89. The van der Waals surface area contributed by atoms with Gasteiger partial charge in [0, 0.05) is 17.4 Å². The maximum absolute atomic E-state index is 11.1. The number of aromatic nitrogens is 1. The third-order valence-corrected chi connectivity index (χ3v) is 3.66. The molecule has 0 atom stereocenters. The van der Waals surface area contributed by atoms with E-state index in [1.165, 1.54) is 12.6 Å². The largest absolute Gasteiger partial charge is 0.478 e. The summed E-state index contributed by atoms with van der Waals surface area (Å²) in [6.07, 6.45) is 5.90. The summed E-state index contributed by atoms with van der Waals surface area (Å²) in [6.45, 7) is 4.01. The first-order valence-electron chi connectivity index (χ1n) is 6.04. The van der Waals surface area contributed by atoms with Crippen molar-refractivity contribution in [3.63, 3.8) is 0 Å². The van der Waals surface area contributed by atoms with Gasteiger partial charge in [0.05, 0.1) is 5.69 Å². The van der Waals surface area contributed by atoms with Crippen LogP contribution in [0.3, 0.4) is 0 Å². The number of anilines is 1. The molecule has 2 N–H and O–H groups in total. The zero-order valence-corrected chi connectivity index (χ0v) is 10.3. The normalized spacial score (nSPS) is 17.3. The molecule has 0 bridgehead atoms. The minimum Gasteiger partial charge on any atom is -0.478 e. The Bertz CT molecular complexity index is 434. The molecule has 92 valence electrons. The monoisotopic (exact) mass is 234 g/mol. The molecule has 1 heterocycles. The highest BCUT2D eigenvalue weighted by Crippen LogP contribution is 2.38. The predicted octanol–water partition coefficient (Wildman–Crippen LogP) is 2.83. The van der Waals surface area contributed by atoms with Crippen molar-refractivity contribution in [3.8, 4) is 0 Å². The highest BCUT2D eigenvalue weighted by molar-refractivity contribution is 5.94. The number of pyridine rings is 1. The van der Waals surface area contributed by atoms with Crippen LogP contribution in [0.1, 0.15) is 48.7 Å². The zero-order chi connectivity index (χ0) is 12.5. The summed E-state index contributed by atoms with van der Waals surface area (Å²) in [5, 5.41) is 12.5. The van der Waals surface area contributed by atoms with Crippen molar-refractivity contribution >= 4 is 11.7 Å². The maximum atomic E-state index is 11.1. The number of carboxylic acid groups (broad SMARTS) is 1. The second-order valence-electron chi connectivity index (χ2n) is 4.79. The van der Waals surface area contributed by atoms with E-state index in [0.29, 0.717) is 5.69 Å². The quantitative estimate of drug-likeness (QED) is 0.841. The van der Waals surface area contributed by atoms with E-state index in [1.807, 2.05) is 13.0 Å². The lowest BCUT2D eigenvalue weighted by molar-refractivity contribution is 0.0697. The fourth-order valence-electron chi connectivity index (χ4n) is 2.29. The van der Waals surface area contributed by atoms with E-state index in [9.17, 15) is 4.79 Å². The van der Waals surface area contributed by atoms with E-state index in [4.69, 9.17) is 5.11 Å². The van der Waals surface area contributed by atoms with E-state index in [-0.39, 0.29) is 11.1 Å². The van der Waals surface area contributed by atoms with Crippen molar-refractivity contribution in [2.45, 2.75) is 45.1 Å². The molecule has 1 aliphatic carbocycles. The molecule has 1 fully saturated rings. The van der Waals surface area contributed by atoms with Crippen LogP contribution >= 0.6 is 0 Å². The van der Waals surface area contributed by atoms with Gasteiger partial charge in [-0.3, -0.25) is 4.98 Å². The minimum atomic E-state index is -0.925. The van der Waals surface area contributed by atoms with E-state index in [2.05, 4.69) is 17.2 Å². The van der Waals surface area contributed by atoms with Crippen LogP contribution < -0.4 is 5.32 Å². The first kappa shape index (κ1) is 11.9. The SMILES string of the molecule is CCC1(Nc2cc(C)ncc2C(=O)O)CCC1. The molecule has 2 rings (SSSR count). The van der Waals surface area contributed by atoms with Crippen LogP contribution in [0.15, 0.2) is 12.3 Å². The molecule has 4 heteroatoms. The number of nitrogens with zero attached hydrogens (tertiary/aromatic N) is 1. The van der Waals surface area contributed by atoms with Gasteiger partial charge < -0.3 is 10.4 Å².